The summed E-state index contributed by atoms with van der Waals surface area (Å²) in [5.74, 6) is -0.0810. The number of hydrogen-bond donors (Lipinski definition) is 1. The number of fused-ring (bicyclic) bond motifs is 1. The number of nitrogens with zero attached hydrogens (tertiary/aromatic N) is 2. The second-order valence-electron chi connectivity index (χ2n) is 5.15. The zero-order valence-corrected chi connectivity index (χ0v) is 11.4. The number of benzene rings is 1. The number of nitrogens with one attached hydrogen (secondary N) is 1. The predicted molar refractivity (Wildman–Crippen MR) is 76.2 cm³/mol. The Morgan fingerprint density at radius 3 is 2.84 bits per heavy atom. The first-order valence-electron chi connectivity index (χ1n) is 6.51. The van der Waals surface area contributed by atoms with Gasteiger partial charge in [-0.3, -0.25) is 4.79 Å². The van der Waals surface area contributed by atoms with Crippen molar-refractivity contribution in [1.82, 2.24) is 5.43 Å². The summed E-state index contributed by atoms with van der Waals surface area (Å²) in [5.41, 5.74) is 8.82. The normalized spacial score (nSPS) is 18.4. The van der Waals surface area contributed by atoms with E-state index in [1.807, 2.05) is 6.92 Å². The Kier molecular flexibility index (Phi) is 2.66. The molecule has 4 nitrogen and oxygen atoms in total. The number of hydrogen-bond acceptors (Lipinski definition) is 3. The number of anilines is 1. The number of rotatable bonds is 1. The third-order valence-electron chi connectivity index (χ3n) is 3.80. The molecular formula is C15H17N3O. The lowest BCUT2D eigenvalue weighted by atomic mass is 9.99. The Bertz CT molecular complexity index is 628. The third-order valence-corrected chi connectivity index (χ3v) is 3.80. The Hall–Kier alpha value is -2.10. The average molecular weight is 255 g/mol. The Balaban J connectivity index is 2.10. The second-order valence-corrected chi connectivity index (χ2v) is 5.15. The fourth-order valence-electron chi connectivity index (χ4n) is 2.75. The average Bonchev–Trinajstić information content (AvgIpc) is 2.76. The largest absolute Gasteiger partial charge is 0.344 e. The highest BCUT2D eigenvalue weighted by Crippen LogP contribution is 2.31. The summed E-state index contributed by atoms with van der Waals surface area (Å²) in [7, 11) is 0. The van der Waals surface area contributed by atoms with Crippen molar-refractivity contribution in [2.75, 3.05) is 11.4 Å². The molecule has 2 aliphatic heterocycles. The minimum absolute atomic E-state index is 0.0810. The van der Waals surface area contributed by atoms with Gasteiger partial charge in [-0.1, -0.05) is 12.1 Å². The van der Waals surface area contributed by atoms with Crippen molar-refractivity contribution < 1.29 is 4.79 Å². The van der Waals surface area contributed by atoms with Gasteiger partial charge >= 0.3 is 0 Å². The first-order valence-corrected chi connectivity index (χ1v) is 6.51. The quantitative estimate of drug-likeness (QED) is 0.836. The van der Waals surface area contributed by atoms with Gasteiger partial charge in [0.2, 0.25) is 0 Å². The zero-order valence-electron chi connectivity index (χ0n) is 11.4. The summed E-state index contributed by atoms with van der Waals surface area (Å²) in [6.45, 7) is 7.06. The standard InChI is InChI=1S/C15H17N3O/c1-9-4-5-10(2)13(8-9)18-7-6-12-14(11(18)3)15(19)17-16-12/h4-5,8H,6-7H2,1-3H3,(H,17,19). The first-order chi connectivity index (χ1) is 9.08. The van der Waals surface area contributed by atoms with Crippen molar-refractivity contribution in [1.29, 1.82) is 0 Å². The van der Waals surface area contributed by atoms with Crippen LogP contribution >= 0.6 is 0 Å². The van der Waals surface area contributed by atoms with E-state index in [1.165, 1.54) is 16.8 Å². The molecule has 0 atom stereocenters. The molecule has 1 amide bonds. The van der Waals surface area contributed by atoms with E-state index >= 15 is 0 Å². The van der Waals surface area contributed by atoms with Crippen LogP contribution in [0.2, 0.25) is 0 Å². The number of amides is 1. The maximum absolute atomic E-state index is 11.8. The van der Waals surface area contributed by atoms with Crippen molar-refractivity contribution in [3.05, 3.63) is 40.6 Å². The summed E-state index contributed by atoms with van der Waals surface area (Å²) in [6, 6.07) is 6.41. The molecule has 0 unspecified atom stereocenters. The van der Waals surface area contributed by atoms with Crippen LogP contribution in [0.15, 0.2) is 34.6 Å². The SMILES string of the molecule is CC1=C2C(=O)NN=C2CCN1c1cc(C)ccc1C. The van der Waals surface area contributed by atoms with E-state index in [9.17, 15) is 4.79 Å². The van der Waals surface area contributed by atoms with Gasteiger partial charge in [-0.05, 0) is 38.0 Å². The number of allylic oxidation sites excluding steroid dienone is 1. The lowest BCUT2D eigenvalue weighted by molar-refractivity contribution is -0.116. The summed E-state index contributed by atoms with van der Waals surface area (Å²) >= 11 is 0. The molecule has 1 N–H and O–H groups in total. The van der Waals surface area contributed by atoms with Crippen LogP contribution in [-0.4, -0.2) is 18.2 Å². The van der Waals surface area contributed by atoms with Crippen LogP contribution in [0.3, 0.4) is 0 Å². The van der Waals surface area contributed by atoms with Gasteiger partial charge in [0.05, 0.1) is 11.3 Å². The van der Waals surface area contributed by atoms with Crippen LogP contribution in [0.4, 0.5) is 5.69 Å². The molecule has 2 heterocycles. The van der Waals surface area contributed by atoms with Gasteiger partial charge in [-0.25, -0.2) is 5.43 Å². The van der Waals surface area contributed by atoms with Crippen LogP contribution in [0.5, 0.6) is 0 Å². The molecule has 4 heteroatoms. The molecule has 0 saturated heterocycles. The summed E-state index contributed by atoms with van der Waals surface area (Å²) in [4.78, 5) is 14.1. The first kappa shape index (κ1) is 12.0. The Morgan fingerprint density at radius 1 is 1.26 bits per heavy atom. The number of carbonyl (C=O) groups is 1. The molecule has 2 aliphatic rings. The monoisotopic (exact) mass is 255 g/mol. The predicted octanol–water partition coefficient (Wildman–Crippen LogP) is 2.27. The van der Waals surface area contributed by atoms with Crippen LogP contribution in [-0.2, 0) is 4.79 Å². The highest BCUT2D eigenvalue weighted by molar-refractivity contribution is 6.26. The number of aryl methyl sites for hydroxylation is 2. The molecule has 0 aromatic heterocycles. The molecule has 0 fully saturated rings. The van der Waals surface area contributed by atoms with Crippen molar-refractivity contribution in [2.45, 2.75) is 27.2 Å². The Labute approximate surface area is 112 Å². The lowest BCUT2D eigenvalue weighted by Crippen LogP contribution is -2.33. The molecule has 0 spiro atoms. The molecule has 19 heavy (non-hydrogen) atoms. The van der Waals surface area contributed by atoms with E-state index in [2.05, 4.69) is 47.5 Å². The Morgan fingerprint density at radius 2 is 2.05 bits per heavy atom. The van der Waals surface area contributed by atoms with Crippen molar-refractivity contribution in [2.24, 2.45) is 5.10 Å². The van der Waals surface area contributed by atoms with Gasteiger partial charge in [0, 0.05) is 24.4 Å². The summed E-state index contributed by atoms with van der Waals surface area (Å²) in [6.07, 6.45) is 0.804. The minimum atomic E-state index is -0.0810. The number of hydrazone groups is 1. The third kappa shape index (κ3) is 1.84. The molecule has 0 aliphatic carbocycles. The van der Waals surface area contributed by atoms with Gasteiger partial charge < -0.3 is 4.90 Å². The summed E-state index contributed by atoms with van der Waals surface area (Å²) < 4.78 is 0. The maximum atomic E-state index is 11.8. The molecule has 0 saturated carbocycles. The molecule has 0 bridgehead atoms. The topological polar surface area (TPSA) is 44.7 Å². The van der Waals surface area contributed by atoms with E-state index in [1.54, 1.807) is 0 Å². The smallest absolute Gasteiger partial charge is 0.275 e. The molecule has 98 valence electrons. The second kappa shape index (κ2) is 4.23. The summed E-state index contributed by atoms with van der Waals surface area (Å²) in [5, 5.41) is 4.09. The van der Waals surface area contributed by atoms with Crippen molar-refractivity contribution >= 4 is 17.3 Å². The number of carbonyl (C=O) groups excluding carboxylic acids is 1. The molecule has 1 aromatic carbocycles. The van der Waals surface area contributed by atoms with E-state index in [4.69, 9.17) is 0 Å². The van der Waals surface area contributed by atoms with Crippen LogP contribution < -0.4 is 10.3 Å². The lowest BCUT2D eigenvalue weighted by Gasteiger charge is -2.32. The van der Waals surface area contributed by atoms with E-state index in [0.717, 1.165) is 29.9 Å². The van der Waals surface area contributed by atoms with Crippen molar-refractivity contribution in [3.63, 3.8) is 0 Å². The van der Waals surface area contributed by atoms with Gasteiger partial charge in [0.25, 0.3) is 5.91 Å². The van der Waals surface area contributed by atoms with Crippen LogP contribution in [0.25, 0.3) is 0 Å². The van der Waals surface area contributed by atoms with Crippen LogP contribution in [0, 0.1) is 13.8 Å². The highest BCUT2D eigenvalue weighted by Gasteiger charge is 2.31. The maximum Gasteiger partial charge on any atom is 0.275 e. The van der Waals surface area contributed by atoms with Crippen molar-refractivity contribution in [3.8, 4) is 0 Å². The molecule has 3 rings (SSSR count). The minimum Gasteiger partial charge on any atom is -0.344 e. The van der Waals surface area contributed by atoms with Gasteiger partial charge in [-0.15, -0.1) is 0 Å². The van der Waals surface area contributed by atoms with Gasteiger partial charge in [0.15, 0.2) is 0 Å². The molecular weight excluding hydrogens is 238 g/mol. The molecule has 0 radical (unpaired) electrons. The highest BCUT2D eigenvalue weighted by atomic mass is 16.2. The fraction of sp³-hybridized carbons (Fsp3) is 0.333. The van der Waals surface area contributed by atoms with E-state index in [0.29, 0.717) is 0 Å². The van der Waals surface area contributed by atoms with Gasteiger partial charge in [0.1, 0.15) is 0 Å². The zero-order chi connectivity index (χ0) is 13.6. The van der Waals surface area contributed by atoms with Gasteiger partial charge in [-0.2, -0.15) is 5.10 Å². The van der Waals surface area contributed by atoms with E-state index < -0.39 is 0 Å². The van der Waals surface area contributed by atoms with Crippen LogP contribution in [0.1, 0.15) is 24.5 Å². The fourth-order valence-corrected chi connectivity index (χ4v) is 2.75. The van der Waals surface area contributed by atoms with E-state index in [-0.39, 0.29) is 5.91 Å². The molecule has 1 aromatic rings.